The number of furan rings is 1. The van der Waals surface area contributed by atoms with Crippen LogP contribution in [0.3, 0.4) is 0 Å². The third kappa shape index (κ3) is 5.86. The molecule has 39 heavy (non-hydrogen) atoms. The van der Waals surface area contributed by atoms with Gasteiger partial charge in [-0.1, -0.05) is 23.7 Å². The van der Waals surface area contributed by atoms with E-state index in [0.717, 1.165) is 5.56 Å². The van der Waals surface area contributed by atoms with Gasteiger partial charge in [-0.3, -0.25) is 9.59 Å². The molecule has 1 amide bonds. The minimum absolute atomic E-state index is 0.00903. The lowest BCUT2D eigenvalue weighted by Crippen LogP contribution is -2.23. The molecule has 1 aromatic heterocycles. The van der Waals surface area contributed by atoms with Gasteiger partial charge in [0, 0.05) is 23.2 Å². The third-order valence-electron chi connectivity index (χ3n) is 6.31. The second-order valence-electron chi connectivity index (χ2n) is 8.76. The predicted molar refractivity (Wildman–Crippen MR) is 152 cm³/mol. The molecule has 0 bridgehead atoms. The quantitative estimate of drug-likeness (QED) is 0.193. The van der Waals surface area contributed by atoms with Crippen LogP contribution in [-0.2, 0) is 11.2 Å². The molecule has 0 atom stereocenters. The molecular formula is C30H29ClN2O6. The summed E-state index contributed by atoms with van der Waals surface area (Å²) in [5.41, 5.74) is 9.61. The summed E-state index contributed by atoms with van der Waals surface area (Å²) in [7, 11) is 4.66. The summed E-state index contributed by atoms with van der Waals surface area (Å²) in [6, 6.07) is 15.6. The number of ketones is 1. The molecule has 202 valence electrons. The summed E-state index contributed by atoms with van der Waals surface area (Å²) in [5, 5.41) is 3.91. The van der Waals surface area contributed by atoms with Crippen LogP contribution in [0.25, 0.3) is 16.5 Å². The minimum Gasteiger partial charge on any atom is -0.493 e. The fourth-order valence-corrected chi connectivity index (χ4v) is 4.41. The summed E-state index contributed by atoms with van der Waals surface area (Å²) in [5.74, 6) is 1.03. The van der Waals surface area contributed by atoms with Crippen molar-refractivity contribution in [1.82, 2.24) is 5.32 Å². The van der Waals surface area contributed by atoms with Gasteiger partial charge in [-0.25, -0.2) is 0 Å². The molecule has 0 spiro atoms. The number of hydrogen-bond acceptors (Lipinski definition) is 7. The molecule has 4 aromatic rings. The number of ether oxygens (including phenoxy) is 3. The smallest absolute Gasteiger partial charge is 0.244 e. The largest absolute Gasteiger partial charge is 0.493 e. The van der Waals surface area contributed by atoms with Crippen LogP contribution in [0.1, 0.15) is 34.2 Å². The number of carbonyl (C=O) groups excluding carboxylic acids is 2. The zero-order valence-corrected chi connectivity index (χ0v) is 22.8. The number of hydrogen-bond donors (Lipinski definition) is 2. The Labute approximate surface area is 231 Å². The second kappa shape index (κ2) is 12.0. The molecule has 0 radical (unpaired) electrons. The number of carbonyl (C=O) groups is 2. The molecule has 0 unspecified atom stereocenters. The fraction of sp³-hybridized carbons (Fsp3) is 0.200. The van der Waals surface area contributed by atoms with Gasteiger partial charge in [-0.15, -0.1) is 0 Å². The van der Waals surface area contributed by atoms with Gasteiger partial charge in [0.25, 0.3) is 0 Å². The van der Waals surface area contributed by atoms with E-state index in [1.165, 1.54) is 13.2 Å². The molecule has 0 fully saturated rings. The number of nitrogens with two attached hydrogens (primary N) is 1. The van der Waals surface area contributed by atoms with Gasteiger partial charge >= 0.3 is 0 Å². The molecule has 1 heterocycles. The lowest BCUT2D eigenvalue weighted by Gasteiger charge is -2.10. The van der Waals surface area contributed by atoms with Crippen molar-refractivity contribution in [1.29, 1.82) is 0 Å². The molecule has 9 heteroatoms. The van der Waals surface area contributed by atoms with Gasteiger partial charge in [0.15, 0.2) is 28.6 Å². The average molecular weight is 549 g/mol. The van der Waals surface area contributed by atoms with Crippen molar-refractivity contribution < 1.29 is 28.2 Å². The first-order chi connectivity index (χ1) is 18.8. The number of anilines is 1. The SMILES string of the molecule is COc1ccc(CCNC(=O)/C=C(\C)c2ccc(OC)c3oc(C(=O)c4ccc(Cl)cc4)c(N)c23)cc1OC. The van der Waals surface area contributed by atoms with E-state index in [4.69, 9.17) is 36.0 Å². The Hall–Kier alpha value is -4.43. The van der Waals surface area contributed by atoms with E-state index >= 15 is 0 Å². The van der Waals surface area contributed by atoms with Crippen LogP contribution in [0.15, 0.2) is 65.1 Å². The summed E-state index contributed by atoms with van der Waals surface area (Å²) in [6.07, 6.45) is 2.10. The van der Waals surface area contributed by atoms with E-state index in [9.17, 15) is 9.59 Å². The van der Waals surface area contributed by atoms with Crippen molar-refractivity contribution in [3.8, 4) is 17.2 Å². The van der Waals surface area contributed by atoms with Gasteiger partial charge in [0.1, 0.15) is 0 Å². The second-order valence-corrected chi connectivity index (χ2v) is 9.19. The Morgan fingerprint density at radius 3 is 2.28 bits per heavy atom. The number of nitrogens with one attached hydrogen (secondary N) is 1. The van der Waals surface area contributed by atoms with Crippen LogP contribution in [0.4, 0.5) is 5.69 Å². The van der Waals surface area contributed by atoms with Crippen LogP contribution in [0, 0.1) is 0 Å². The number of nitrogen functional groups attached to an aromatic ring is 1. The van der Waals surface area contributed by atoms with Crippen LogP contribution >= 0.6 is 11.6 Å². The highest BCUT2D eigenvalue weighted by molar-refractivity contribution is 6.30. The first kappa shape index (κ1) is 27.6. The van der Waals surface area contributed by atoms with Crippen molar-refractivity contribution >= 4 is 45.5 Å². The molecule has 0 saturated heterocycles. The number of allylic oxidation sites excluding steroid dienone is 1. The molecular weight excluding hydrogens is 520 g/mol. The normalized spacial score (nSPS) is 11.4. The first-order valence-electron chi connectivity index (χ1n) is 12.1. The van der Waals surface area contributed by atoms with Crippen molar-refractivity contribution in [3.63, 3.8) is 0 Å². The Kier molecular flexibility index (Phi) is 8.46. The Balaban J connectivity index is 1.57. The van der Waals surface area contributed by atoms with Gasteiger partial charge in [-0.05, 0) is 72.5 Å². The van der Waals surface area contributed by atoms with Crippen LogP contribution in [0.5, 0.6) is 17.2 Å². The van der Waals surface area contributed by atoms with E-state index in [0.29, 0.717) is 62.9 Å². The number of amides is 1. The number of methoxy groups -OCH3 is 3. The predicted octanol–water partition coefficient (Wildman–Crippen LogP) is 5.69. The standard InChI is InChI=1S/C30H29ClN2O6/c1-17(15-25(34)33-14-13-18-5-11-22(36-2)24(16-18)38-4)21-10-12-23(37-3)29-26(21)27(32)30(39-29)28(35)19-6-8-20(31)9-7-19/h5-12,15-16H,13-14,32H2,1-4H3,(H,33,34)/b17-15+. The van der Waals surface area contributed by atoms with E-state index in [1.807, 2.05) is 18.2 Å². The van der Waals surface area contributed by atoms with E-state index in [1.54, 1.807) is 57.5 Å². The Bertz CT molecular complexity index is 1560. The zero-order valence-electron chi connectivity index (χ0n) is 22.1. The topological polar surface area (TPSA) is 113 Å². The van der Waals surface area contributed by atoms with E-state index in [-0.39, 0.29) is 23.1 Å². The van der Waals surface area contributed by atoms with Gasteiger partial charge in [0.05, 0.1) is 32.4 Å². The highest BCUT2D eigenvalue weighted by Gasteiger charge is 2.24. The minimum atomic E-state index is -0.386. The monoisotopic (exact) mass is 548 g/mol. The summed E-state index contributed by atoms with van der Waals surface area (Å²) in [6.45, 7) is 2.21. The summed E-state index contributed by atoms with van der Waals surface area (Å²) < 4.78 is 22.0. The van der Waals surface area contributed by atoms with Crippen LogP contribution in [-0.4, -0.2) is 39.6 Å². The lowest BCUT2D eigenvalue weighted by molar-refractivity contribution is -0.116. The molecule has 4 rings (SSSR count). The number of rotatable bonds is 10. The van der Waals surface area contributed by atoms with Crippen molar-refractivity contribution in [3.05, 3.63) is 88.1 Å². The number of fused-ring (bicyclic) bond motifs is 1. The highest BCUT2D eigenvalue weighted by atomic mass is 35.5. The first-order valence-corrected chi connectivity index (χ1v) is 12.5. The zero-order chi connectivity index (χ0) is 28.1. The Morgan fingerprint density at radius 1 is 0.949 bits per heavy atom. The summed E-state index contributed by atoms with van der Waals surface area (Å²) >= 11 is 5.96. The van der Waals surface area contributed by atoms with Crippen molar-refractivity contribution in [2.24, 2.45) is 0 Å². The van der Waals surface area contributed by atoms with E-state index < -0.39 is 0 Å². The van der Waals surface area contributed by atoms with Crippen molar-refractivity contribution in [2.45, 2.75) is 13.3 Å². The molecule has 0 aliphatic carbocycles. The maximum atomic E-state index is 13.2. The van der Waals surface area contributed by atoms with Gasteiger partial charge < -0.3 is 29.7 Å². The van der Waals surface area contributed by atoms with Crippen LogP contribution < -0.4 is 25.3 Å². The maximum absolute atomic E-state index is 13.2. The third-order valence-corrected chi connectivity index (χ3v) is 6.56. The average Bonchev–Trinajstić information content (AvgIpc) is 3.29. The molecule has 0 aliphatic rings. The molecule has 0 saturated carbocycles. The maximum Gasteiger partial charge on any atom is 0.244 e. The highest BCUT2D eigenvalue weighted by Crippen LogP contribution is 2.40. The van der Waals surface area contributed by atoms with Gasteiger partial charge in [-0.2, -0.15) is 0 Å². The molecule has 8 nitrogen and oxygen atoms in total. The Morgan fingerprint density at radius 2 is 1.62 bits per heavy atom. The van der Waals surface area contributed by atoms with E-state index in [2.05, 4.69) is 5.32 Å². The summed E-state index contributed by atoms with van der Waals surface area (Å²) in [4.78, 5) is 25.9. The van der Waals surface area contributed by atoms with Crippen molar-refractivity contribution in [2.75, 3.05) is 33.6 Å². The number of benzene rings is 3. The fourth-order valence-electron chi connectivity index (χ4n) is 4.28. The molecule has 0 aliphatic heterocycles. The van der Waals surface area contributed by atoms with Gasteiger partial charge in [0.2, 0.25) is 11.7 Å². The molecule has 3 N–H and O–H groups in total. The van der Waals surface area contributed by atoms with Crippen LogP contribution in [0.2, 0.25) is 5.02 Å². The lowest BCUT2D eigenvalue weighted by atomic mass is 9.99. The number of halogens is 1. The molecule has 3 aromatic carbocycles.